The Morgan fingerprint density at radius 2 is 1.65 bits per heavy atom. The van der Waals surface area contributed by atoms with Crippen LogP contribution in [0.1, 0.15) is 62.5 Å². The molecule has 0 saturated heterocycles. The van der Waals surface area contributed by atoms with Gasteiger partial charge in [-0.15, -0.1) is 0 Å². The fourth-order valence-electron chi connectivity index (χ4n) is 3.38. The molecule has 0 spiro atoms. The fourth-order valence-corrected chi connectivity index (χ4v) is 3.38. The molecule has 3 N–H and O–H groups in total. The summed E-state index contributed by atoms with van der Waals surface area (Å²) in [6.07, 6.45) is 8.51. The Hall–Kier alpha value is -2.00. The molecule has 0 heterocycles. The maximum absolute atomic E-state index is 9.55. The Kier molecular flexibility index (Phi) is 9.05. The highest BCUT2D eigenvalue weighted by Gasteiger charge is 2.10. The first-order valence-electron chi connectivity index (χ1n) is 9.97. The van der Waals surface area contributed by atoms with Gasteiger partial charge in [-0.2, -0.15) is 0 Å². The van der Waals surface area contributed by atoms with Crippen molar-refractivity contribution in [1.29, 1.82) is 0 Å². The summed E-state index contributed by atoms with van der Waals surface area (Å²) >= 11 is 0. The molecule has 0 aliphatic rings. The summed E-state index contributed by atoms with van der Waals surface area (Å²) in [5.74, 6) is 0.521. The first-order chi connectivity index (χ1) is 12.7. The average Bonchev–Trinajstić information content (AvgIpc) is 2.66. The van der Waals surface area contributed by atoms with Gasteiger partial charge >= 0.3 is 0 Å². The molecule has 0 saturated carbocycles. The molecule has 2 aromatic rings. The van der Waals surface area contributed by atoms with Crippen molar-refractivity contribution < 1.29 is 10.2 Å². The zero-order valence-corrected chi connectivity index (χ0v) is 16.0. The van der Waals surface area contributed by atoms with Gasteiger partial charge < -0.3 is 15.5 Å². The molecule has 2 rings (SSSR count). The molecule has 0 fully saturated rings. The van der Waals surface area contributed by atoms with Gasteiger partial charge in [0.2, 0.25) is 0 Å². The molecule has 142 valence electrons. The molecule has 3 nitrogen and oxygen atoms in total. The molecule has 2 aromatic carbocycles. The zero-order valence-electron chi connectivity index (χ0n) is 16.0. The van der Waals surface area contributed by atoms with Gasteiger partial charge in [-0.3, -0.25) is 0 Å². The van der Waals surface area contributed by atoms with Crippen LogP contribution in [0.2, 0.25) is 0 Å². The number of rotatable bonds is 12. The van der Waals surface area contributed by atoms with Crippen molar-refractivity contribution in [3.05, 3.63) is 59.7 Å². The number of phenols is 2. The fraction of sp³-hybridized carbons (Fsp3) is 0.478. The van der Waals surface area contributed by atoms with Crippen LogP contribution in [0.3, 0.4) is 0 Å². The molecular formula is C23H33NO2. The second-order valence-corrected chi connectivity index (χ2v) is 7.07. The summed E-state index contributed by atoms with van der Waals surface area (Å²) in [5, 5.41) is 22.4. The van der Waals surface area contributed by atoms with Crippen molar-refractivity contribution in [2.24, 2.45) is 0 Å². The predicted octanol–water partition coefficient (Wildman–Crippen LogP) is 5.37. The van der Waals surface area contributed by atoms with Crippen LogP contribution in [0, 0.1) is 0 Å². The summed E-state index contributed by atoms with van der Waals surface area (Å²) in [5.41, 5.74) is 2.49. The van der Waals surface area contributed by atoms with E-state index < -0.39 is 0 Å². The summed E-state index contributed by atoms with van der Waals surface area (Å²) in [4.78, 5) is 0. The Morgan fingerprint density at radius 3 is 2.38 bits per heavy atom. The first kappa shape index (κ1) is 20.3. The lowest BCUT2D eigenvalue weighted by molar-refractivity contribution is 0.403. The Bertz CT molecular complexity index is 627. The van der Waals surface area contributed by atoms with E-state index in [1.54, 1.807) is 12.1 Å². The van der Waals surface area contributed by atoms with Crippen molar-refractivity contribution in [3.8, 4) is 11.5 Å². The monoisotopic (exact) mass is 355 g/mol. The van der Waals surface area contributed by atoms with E-state index in [0.29, 0.717) is 5.92 Å². The van der Waals surface area contributed by atoms with Crippen molar-refractivity contribution in [3.63, 3.8) is 0 Å². The molecular weight excluding hydrogens is 322 g/mol. The molecule has 0 radical (unpaired) electrons. The van der Waals surface area contributed by atoms with Gasteiger partial charge in [-0.1, -0.05) is 69.0 Å². The third-order valence-electron chi connectivity index (χ3n) is 4.98. The molecule has 0 bridgehead atoms. The maximum atomic E-state index is 9.55. The Morgan fingerprint density at radius 1 is 0.846 bits per heavy atom. The van der Waals surface area contributed by atoms with E-state index >= 15 is 0 Å². The third-order valence-corrected chi connectivity index (χ3v) is 4.98. The standard InChI is InChI=1S/C23H33NO2/c1-2-3-4-6-11-21(20-9-7-5-8-10-20)15-17-24-16-14-19-12-13-22(25)23(26)18-19/h5,7-10,12-13,18,21,24-26H,2-4,6,11,14-17H2,1H3. The van der Waals surface area contributed by atoms with Crippen LogP contribution < -0.4 is 5.32 Å². The topological polar surface area (TPSA) is 52.5 Å². The highest BCUT2D eigenvalue weighted by atomic mass is 16.3. The minimum Gasteiger partial charge on any atom is -0.504 e. The maximum Gasteiger partial charge on any atom is 0.157 e. The van der Waals surface area contributed by atoms with E-state index in [2.05, 4.69) is 42.6 Å². The second-order valence-electron chi connectivity index (χ2n) is 7.07. The number of benzene rings is 2. The average molecular weight is 356 g/mol. The van der Waals surface area contributed by atoms with Crippen molar-refractivity contribution in [2.75, 3.05) is 13.1 Å². The summed E-state index contributed by atoms with van der Waals surface area (Å²) < 4.78 is 0. The SMILES string of the molecule is CCCCCCC(CCNCCc1ccc(O)c(O)c1)c1ccccc1. The molecule has 3 heteroatoms. The lowest BCUT2D eigenvalue weighted by Crippen LogP contribution is -2.20. The second kappa shape index (κ2) is 11.6. The summed E-state index contributed by atoms with van der Waals surface area (Å²) in [6.45, 7) is 4.13. The van der Waals surface area contributed by atoms with Gasteiger partial charge in [-0.25, -0.2) is 0 Å². The van der Waals surface area contributed by atoms with Gasteiger partial charge in [0.25, 0.3) is 0 Å². The van der Waals surface area contributed by atoms with E-state index in [-0.39, 0.29) is 11.5 Å². The lowest BCUT2D eigenvalue weighted by Gasteiger charge is -2.18. The molecule has 0 amide bonds. The van der Waals surface area contributed by atoms with E-state index in [0.717, 1.165) is 31.5 Å². The number of unbranched alkanes of at least 4 members (excludes halogenated alkanes) is 3. The smallest absolute Gasteiger partial charge is 0.157 e. The predicted molar refractivity (Wildman–Crippen MR) is 109 cm³/mol. The summed E-state index contributed by atoms with van der Waals surface area (Å²) in [6, 6.07) is 15.9. The van der Waals surface area contributed by atoms with Crippen LogP contribution in [0.25, 0.3) is 0 Å². The third kappa shape index (κ3) is 7.09. The van der Waals surface area contributed by atoms with Crippen molar-refractivity contribution in [2.45, 2.75) is 57.8 Å². The minimum absolute atomic E-state index is 0.0429. The Labute approximate surface area is 158 Å². The van der Waals surface area contributed by atoms with Gasteiger partial charge in [0, 0.05) is 0 Å². The van der Waals surface area contributed by atoms with E-state index in [1.165, 1.54) is 37.7 Å². The number of nitrogens with one attached hydrogen (secondary N) is 1. The van der Waals surface area contributed by atoms with Crippen LogP contribution in [-0.2, 0) is 6.42 Å². The summed E-state index contributed by atoms with van der Waals surface area (Å²) in [7, 11) is 0. The number of phenolic OH excluding ortho intramolecular Hbond substituents is 2. The molecule has 26 heavy (non-hydrogen) atoms. The Balaban J connectivity index is 1.74. The normalized spacial score (nSPS) is 12.2. The number of hydrogen-bond donors (Lipinski definition) is 3. The van der Waals surface area contributed by atoms with Crippen LogP contribution in [0.4, 0.5) is 0 Å². The molecule has 1 atom stereocenters. The quantitative estimate of drug-likeness (QED) is 0.354. The van der Waals surface area contributed by atoms with E-state index in [4.69, 9.17) is 0 Å². The minimum atomic E-state index is -0.0597. The van der Waals surface area contributed by atoms with E-state index in [9.17, 15) is 10.2 Å². The van der Waals surface area contributed by atoms with Crippen LogP contribution in [0.15, 0.2) is 48.5 Å². The van der Waals surface area contributed by atoms with Gasteiger partial charge in [0.05, 0.1) is 0 Å². The number of hydrogen-bond acceptors (Lipinski definition) is 3. The van der Waals surface area contributed by atoms with E-state index in [1.807, 2.05) is 6.07 Å². The zero-order chi connectivity index (χ0) is 18.6. The van der Waals surface area contributed by atoms with Gasteiger partial charge in [-0.05, 0) is 61.5 Å². The lowest BCUT2D eigenvalue weighted by atomic mass is 9.90. The highest BCUT2D eigenvalue weighted by Crippen LogP contribution is 2.26. The van der Waals surface area contributed by atoms with Gasteiger partial charge in [0.1, 0.15) is 0 Å². The largest absolute Gasteiger partial charge is 0.504 e. The van der Waals surface area contributed by atoms with Crippen LogP contribution >= 0.6 is 0 Å². The molecule has 0 aromatic heterocycles. The van der Waals surface area contributed by atoms with Crippen molar-refractivity contribution in [1.82, 2.24) is 5.32 Å². The van der Waals surface area contributed by atoms with Gasteiger partial charge in [0.15, 0.2) is 11.5 Å². The highest BCUT2D eigenvalue weighted by molar-refractivity contribution is 5.40. The van der Waals surface area contributed by atoms with Crippen LogP contribution in [-0.4, -0.2) is 23.3 Å². The molecule has 0 aliphatic heterocycles. The van der Waals surface area contributed by atoms with Crippen LogP contribution in [0.5, 0.6) is 11.5 Å². The number of aromatic hydroxyl groups is 2. The molecule has 0 aliphatic carbocycles. The van der Waals surface area contributed by atoms with Crippen molar-refractivity contribution >= 4 is 0 Å². The first-order valence-corrected chi connectivity index (χ1v) is 9.97. The molecule has 1 unspecified atom stereocenters.